The predicted molar refractivity (Wildman–Crippen MR) is 119 cm³/mol. The number of carbonyl (C=O) groups is 2. The quantitative estimate of drug-likeness (QED) is 0.378. The maximum absolute atomic E-state index is 14.5. The summed E-state index contributed by atoms with van der Waals surface area (Å²) < 4.78 is 93.3. The molecule has 0 aliphatic carbocycles. The number of carbonyl (C=O) groups excluding carboxylic acids is 2. The highest BCUT2D eigenvalue weighted by atomic mass is 19.4. The molecular weight excluding hydrogens is 493 g/mol. The van der Waals surface area contributed by atoms with Gasteiger partial charge >= 0.3 is 18.0 Å². The van der Waals surface area contributed by atoms with Crippen LogP contribution in [0, 0.1) is 13.8 Å². The van der Waals surface area contributed by atoms with Crippen LogP contribution in [-0.4, -0.2) is 24.2 Å². The Morgan fingerprint density at radius 3 is 1.86 bits per heavy atom. The van der Waals surface area contributed by atoms with Crippen LogP contribution >= 0.6 is 0 Å². The average molecular weight is 512 g/mol. The van der Waals surface area contributed by atoms with E-state index in [0.717, 1.165) is 13.8 Å². The van der Waals surface area contributed by atoms with E-state index >= 15 is 0 Å². The standard InChI is InChI=1S/C25H19F7N2O2/c1-13-10-17(23(26,24(27,28)29)25(30,31)32)11-14(2)20(13)34-22(36)16-7-5-6-15(12-16)18-8-3-4-9-19(18)21(33)35/h3-12H,1-2H3,(H2,33,35)(H,34,36). The number of nitrogens with one attached hydrogen (secondary N) is 1. The summed E-state index contributed by atoms with van der Waals surface area (Å²) in [6.07, 6.45) is -12.5. The lowest BCUT2D eigenvalue weighted by atomic mass is 9.90. The van der Waals surface area contributed by atoms with E-state index in [4.69, 9.17) is 5.73 Å². The van der Waals surface area contributed by atoms with Gasteiger partial charge in [-0.2, -0.15) is 26.3 Å². The third-order valence-corrected chi connectivity index (χ3v) is 5.58. The van der Waals surface area contributed by atoms with Crippen molar-refractivity contribution < 1.29 is 40.3 Å². The topological polar surface area (TPSA) is 72.2 Å². The smallest absolute Gasteiger partial charge is 0.366 e. The molecule has 0 heterocycles. The Labute approximate surface area is 200 Å². The molecule has 4 nitrogen and oxygen atoms in total. The number of anilines is 1. The molecular formula is C25H19F7N2O2. The van der Waals surface area contributed by atoms with Gasteiger partial charge in [-0.15, -0.1) is 0 Å². The summed E-state index contributed by atoms with van der Waals surface area (Å²) in [4.78, 5) is 24.6. The fraction of sp³-hybridized carbons (Fsp3) is 0.200. The molecule has 190 valence electrons. The van der Waals surface area contributed by atoms with Crippen LogP contribution in [0.3, 0.4) is 0 Å². The van der Waals surface area contributed by atoms with E-state index in [1.807, 2.05) is 0 Å². The number of nitrogens with two attached hydrogens (primary N) is 1. The van der Waals surface area contributed by atoms with Crippen LogP contribution in [0.5, 0.6) is 0 Å². The minimum Gasteiger partial charge on any atom is -0.366 e. The number of benzene rings is 3. The Hall–Kier alpha value is -3.89. The van der Waals surface area contributed by atoms with Crippen LogP contribution in [0.2, 0.25) is 0 Å². The van der Waals surface area contributed by atoms with Crippen LogP contribution in [0.25, 0.3) is 11.1 Å². The molecule has 0 aliphatic heterocycles. The summed E-state index contributed by atoms with van der Waals surface area (Å²) in [5.41, 5.74) is -1.09. The second-order valence-electron chi connectivity index (χ2n) is 8.08. The molecule has 2 amide bonds. The molecule has 0 atom stereocenters. The summed E-state index contributed by atoms with van der Waals surface area (Å²) in [5, 5.41) is 2.45. The third kappa shape index (κ3) is 4.77. The number of aryl methyl sites for hydroxylation is 2. The number of rotatable bonds is 5. The molecule has 0 bridgehead atoms. The fourth-order valence-corrected chi connectivity index (χ4v) is 3.81. The number of amides is 2. The van der Waals surface area contributed by atoms with Crippen molar-refractivity contribution in [3.05, 3.63) is 88.5 Å². The maximum Gasteiger partial charge on any atom is 0.435 e. The highest BCUT2D eigenvalue weighted by Gasteiger charge is 2.73. The second-order valence-corrected chi connectivity index (χ2v) is 8.08. The molecule has 3 aromatic rings. The highest BCUT2D eigenvalue weighted by Crippen LogP contribution is 2.53. The third-order valence-electron chi connectivity index (χ3n) is 5.58. The zero-order chi connectivity index (χ0) is 27.1. The molecule has 36 heavy (non-hydrogen) atoms. The molecule has 11 heteroatoms. The van der Waals surface area contributed by atoms with Crippen molar-refractivity contribution in [3.8, 4) is 11.1 Å². The van der Waals surface area contributed by atoms with Crippen molar-refractivity contribution in [2.24, 2.45) is 5.73 Å². The van der Waals surface area contributed by atoms with E-state index in [1.165, 1.54) is 24.3 Å². The van der Waals surface area contributed by atoms with Crippen molar-refractivity contribution in [3.63, 3.8) is 0 Å². The van der Waals surface area contributed by atoms with Gasteiger partial charge in [-0.25, -0.2) is 4.39 Å². The van der Waals surface area contributed by atoms with Gasteiger partial charge in [0.1, 0.15) is 0 Å². The molecule has 0 saturated heterocycles. The first-order valence-corrected chi connectivity index (χ1v) is 10.3. The number of halogens is 7. The van der Waals surface area contributed by atoms with Crippen LogP contribution in [0.1, 0.15) is 37.4 Å². The van der Waals surface area contributed by atoms with Gasteiger partial charge in [0.05, 0.1) is 0 Å². The molecule has 0 radical (unpaired) electrons. The van der Waals surface area contributed by atoms with Gasteiger partial charge in [-0.3, -0.25) is 9.59 Å². The summed E-state index contributed by atoms with van der Waals surface area (Å²) in [7, 11) is 0. The molecule has 0 unspecified atom stereocenters. The molecule has 0 aromatic heterocycles. The largest absolute Gasteiger partial charge is 0.435 e. The van der Waals surface area contributed by atoms with Crippen LogP contribution in [0.4, 0.5) is 36.4 Å². The zero-order valence-electron chi connectivity index (χ0n) is 18.8. The molecule has 0 spiro atoms. The highest BCUT2D eigenvalue weighted by molar-refractivity contribution is 6.06. The van der Waals surface area contributed by atoms with Gasteiger partial charge in [0, 0.05) is 22.4 Å². The number of hydrogen-bond donors (Lipinski definition) is 2. The summed E-state index contributed by atoms with van der Waals surface area (Å²) in [6, 6.07) is 13.2. The van der Waals surface area contributed by atoms with Gasteiger partial charge in [-0.05, 0) is 54.3 Å². The Morgan fingerprint density at radius 2 is 1.33 bits per heavy atom. The van der Waals surface area contributed by atoms with Gasteiger partial charge < -0.3 is 11.1 Å². The first-order chi connectivity index (χ1) is 16.6. The van der Waals surface area contributed by atoms with Crippen molar-refractivity contribution >= 4 is 17.5 Å². The fourth-order valence-electron chi connectivity index (χ4n) is 3.81. The van der Waals surface area contributed by atoms with Crippen molar-refractivity contribution in [2.75, 3.05) is 5.32 Å². The summed E-state index contributed by atoms with van der Waals surface area (Å²) in [6.45, 7) is 2.30. The normalized spacial score (nSPS) is 12.4. The van der Waals surface area contributed by atoms with E-state index in [0.29, 0.717) is 23.3 Å². The Kier molecular flexibility index (Phi) is 6.89. The van der Waals surface area contributed by atoms with Crippen LogP contribution in [-0.2, 0) is 5.67 Å². The average Bonchev–Trinajstić information content (AvgIpc) is 2.79. The first-order valence-electron chi connectivity index (χ1n) is 10.3. The van der Waals surface area contributed by atoms with E-state index in [9.17, 15) is 40.3 Å². The second kappa shape index (κ2) is 9.29. The molecule has 0 fully saturated rings. The lowest BCUT2D eigenvalue weighted by Gasteiger charge is -2.31. The van der Waals surface area contributed by atoms with Gasteiger partial charge in [0.25, 0.3) is 5.91 Å². The first kappa shape index (κ1) is 26.7. The maximum atomic E-state index is 14.5. The molecule has 0 saturated carbocycles. The van der Waals surface area contributed by atoms with Crippen molar-refractivity contribution in [2.45, 2.75) is 31.9 Å². The van der Waals surface area contributed by atoms with Gasteiger partial charge in [0.15, 0.2) is 0 Å². The lowest BCUT2D eigenvalue weighted by molar-refractivity contribution is -0.348. The van der Waals surface area contributed by atoms with Crippen molar-refractivity contribution in [1.29, 1.82) is 0 Å². The van der Waals surface area contributed by atoms with Crippen molar-refractivity contribution in [1.82, 2.24) is 0 Å². The number of alkyl halides is 7. The lowest BCUT2D eigenvalue weighted by Crippen LogP contribution is -2.50. The molecule has 3 rings (SSSR count). The Balaban J connectivity index is 1.98. The monoisotopic (exact) mass is 512 g/mol. The minimum atomic E-state index is -6.25. The number of primary amides is 1. The summed E-state index contributed by atoms with van der Waals surface area (Å²) in [5.74, 6) is -1.42. The van der Waals surface area contributed by atoms with E-state index < -0.39 is 35.4 Å². The minimum absolute atomic E-state index is 0.0709. The molecule has 3 aromatic carbocycles. The predicted octanol–water partition coefficient (Wildman–Crippen LogP) is 6.61. The van der Waals surface area contributed by atoms with Crippen LogP contribution < -0.4 is 11.1 Å². The van der Waals surface area contributed by atoms with Gasteiger partial charge in [0.2, 0.25) is 5.91 Å². The van der Waals surface area contributed by atoms with E-state index in [2.05, 4.69) is 5.32 Å². The van der Waals surface area contributed by atoms with Crippen LogP contribution in [0.15, 0.2) is 60.7 Å². The summed E-state index contributed by atoms with van der Waals surface area (Å²) >= 11 is 0. The van der Waals surface area contributed by atoms with Gasteiger partial charge in [-0.1, -0.05) is 42.5 Å². The Bertz CT molecular complexity index is 1290. The van der Waals surface area contributed by atoms with E-state index in [1.54, 1.807) is 24.3 Å². The van der Waals surface area contributed by atoms with E-state index in [-0.39, 0.29) is 27.9 Å². The SMILES string of the molecule is Cc1cc(C(F)(C(F)(F)F)C(F)(F)F)cc(C)c1NC(=O)c1cccc(-c2ccccc2C(N)=O)c1. The molecule has 3 N–H and O–H groups in total. The Morgan fingerprint density at radius 1 is 0.778 bits per heavy atom. The zero-order valence-corrected chi connectivity index (χ0v) is 18.8. The molecule has 0 aliphatic rings. The number of hydrogen-bond acceptors (Lipinski definition) is 2.